The van der Waals surface area contributed by atoms with Crippen LogP contribution in [-0.2, 0) is 9.47 Å². The van der Waals surface area contributed by atoms with Crippen molar-refractivity contribution in [1.82, 2.24) is 0 Å². The number of aliphatic hydroxyl groups excluding tert-OH is 3. The maximum absolute atomic E-state index is 13.6. The minimum atomic E-state index is -2.07. The summed E-state index contributed by atoms with van der Waals surface area (Å²) < 4.78 is 21.8. The molecule has 0 saturated carbocycles. The van der Waals surface area contributed by atoms with E-state index in [1.807, 2.05) is 0 Å². The van der Waals surface area contributed by atoms with Crippen LogP contribution in [0.4, 0.5) is 0 Å². The molecule has 5 rings (SSSR count). The van der Waals surface area contributed by atoms with Crippen LogP contribution >= 0.6 is 0 Å². The standard InChI is InChI=1S/C28H24O17/c29-10-5-11(30)18-16(6-10)43-25(8-1-12(31)19(35)13(32)2-8)26(22(18)38)45-28-24(40)23(39)21(37)17(44-28)7-42-27(41)9-3-14(33)20(36)15(34)4-9/h1-6,17,21,23-24,28-37,39-40H,7H2/t17-,21+,23-,24+,28+/m0/s1. The molecule has 1 aromatic heterocycles. The van der Waals surface area contributed by atoms with Gasteiger partial charge in [0.2, 0.25) is 17.5 Å². The minimum absolute atomic E-state index is 0.295. The van der Waals surface area contributed by atoms with Gasteiger partial charge in [0.05, 0.1) is 5.56 Å². The first-order valence-electron chi connectivity index (χ1n) is 12.7. The molecule has 1 fully saturated rings. The van der Waals surface area contributed by atoms with E-state index in [1.165, 1.54) is 0 Å². The number of phenols is 8. The van der Waals surface area contributed by atoms with Gasteiger partial charge < -0.3 is 74.8 Å². The summed E-state index contributed by atoms with van der Waals surface area (Å²) in [6.07, 6.45) is -9.67. The van der Waals surface area contributed by atoms with Crippen LogP contribution < -0.4 is 10.2 Å². The maximum atomic E-state index is 13.6. The van der Waals surface area contributed by atoms with Crippen LogP contribution in [0.3, 0.4) is 0 Å². The summed E-state index contributed by atoms with van der Waals surface area (Å²) in [6, 6.07) is 5.02. The van der Waals surface area contributed by atoms with Gasteiger partial charge in [0, 0.05) is 17.7 Å². The van der Waals surface area contributed by atoms with Crippen molar-refractivity contribution in [2.75, 3.05) is 6.61 Å². The van der Waals surface area contributed by atoms with Gasteiger partial charge in [-0.3, -0.25) is 4.79 Å². The quantitative estimate of drug-likeness (QED) is 0.0995. The number of aliphatic hydroxyl groups is 3. The third-order valence-corrected chi connectivity index (χ3v) is 6.84. The van der Waals surface area contributed by atoms with Gasteiger partial charge in [-0.15, -0.1) is 0 Å². The zero-order chi connectivity index (χ0) is 32.9. The Morgan fingerprint density at radius 3 is 1.91 bits per heavy atom. The second-order valence-electron chi connectivity index (χ2n) is 9.88. The van der Waals surface area contributed by atoms with Crippen LogP contribution in [0.1, 0.15) is 10.4 Å². The highest BCUT2D eigenvalue weighted by Gasteiger charge is 2.46. The Labute approximate surface area is 249 Å². The number of ether oxygens (including phenoxy) is 3. The molecule has 0 bridgehead atoms. The highest BCUT2D eigenvalue weighted by Crippen LogP contribution is 2.43. The molecular weight excluding hydrogens is 608 g/mol. The summed E-state index contributed by atoms with van der Waals surface area (Å²) in [6.45, 7) is -0.828. The van der Waals surface area contributed by atoms with E-state index in [0.29, 0.717) is 0 Å². The molecule has 17 heteroatoms. The molecule has 1 saturated heterocycles. The van der Waals surface area contributed by atoms with E-state index in [-0.39, 0.29) is 5.56 Å². The predicted octanol–water partition coefficient (Wildman–Crippen LogP) is 0.148. The van der Waals surface area contributed by atoms with E-state index < -0.39 is 123 Å². The van der Waals surface area contributed by atoms with Crippen molar-refractivity contribution >= 4 is 16.9 Å². The Morgan fingerprint density at radius 1 is 0.733 bits per heavy atom. The van der Waals surface area contributed by atoms with Crippen molar-refractivity contribution in [3.8, 4) is 63.1 Å². The predicted molar refractivity (Wildman–Crippen MR) is 145 cm³/mol. The molecule has 17 nitrogen and oxygen atoms in total. The van der Waals surface area contributed by atoms with Gasteiger partial charge in [0.15, 0.2) is 40.3 Å². The largest absolute Gasteiger partial charge is 0.508 e. The molecule has 238 valence electrons. The van der Waals surface area contributed by atoms with Crippen molar-refractivity contribution in [1.29, 1.82) is 0 Å². The SMILES string of the molecule is O=C(OC[C@@H]1O[C@H](Oc2c(-c3cc(O)c(O)c(O)c3)oc3cc(O)cc(O)c3c2=O)[C@H](O)[C@@H](O)[C@@H]1O)c1cc(O)c(O)c(O)c1. The average molecular weight is 632 g/mol. The fraction of sp³-hybridized carbons (Fsp3) is 0.214. The molecule has 0 spiro atoms. The first-order chi connectivity index (χ1) is 21.2. The number of benzene rings is 3. The van der Waals surface area contributed by atoms with Crippen molar-refractivity contribution < 1.29 is 79.6 Å². The third kappa shape index (κ3) is 5.58. The zero-order valence-electron chi connectivity index (χ0n) is 22.4. The summed E-state index contributed by atoms with van der Waals surface area (Å²) in [5.74, 6) is -9.11. The summed E-state index contributed by atoms with van der Waals surface area (Å²) in [5, 5.41) is 110. The lowest BCUT2D eigenvalue weighted by Gasteiger charge is -2.39. The molecule has 0 radical (unpaired) electrons. The van der Waals surface area contributed by atoms with Gasteiger partial charge in [0.25, 0.3) is 0 Å². The first kappa shape index (κ1) is 30.8. The van der Waals surface area contributed by atoms with Crippen molar-refractivity contribution in [2.24, 2.45) is 0 Å². The van der Waals surface area contributed by atoms with Crippen LogP contribution in [-0.4, -0.2) is 99.5 Å². The van der Waals surface area contributed by atoms with Crippen molar-refractivity contribution in [2.45, 2.75) is 30.7 Å². The van der Waals surface area contributed by atoms with Gasteiger partial charge in [0.1, 0.15) is 53.5 Å². The maximum Gasteiger partial charge on any atom is 0.338 e. The van der Waals surface area contributed by atoms with Crippen LogP contribution in [0.2, 0.25) is 0 Å². The fourth-order valence-electron chi connectivity index (χ4n) is 4.53. The highest BCUT2D eigenvalue weighted by molar-refractivity contribution is 5.91. The second kappa shape index (κ2) is 11.5. The Hall–Kier alpha value is -5.62. The minimum Gasteiger partial charge on any atom is -0.508 e. The molecule has 1 aliphatic heterocycles. The Balaban J connectivity index is 1.50. The zero-order valence-corrected chi connectivity index (χ0v) is 22.4. The number of hydrogen-bond donors (Lipinski definition) is 11. The summed E-state index contributed by atoms with van der Waals surface area (Å²) in [5.41, 5.74) is -2.26. The molecule has 0 amide bonds. The van der Waals surface area contributed by atoms with Crippen LogP contribution in [0.15, 0.2) is 45.6 Å². The van der Waals surface area contributed by atoms with Gasteiger partial charge in [-0.25, -0.2) is 4.79 Å². The monoisotopic (exact) mass is 632 g/mol. The summed E-state index contributed by atoms with van der Waals surface area (Å²) in [4.78, 5) is 26.0. The fourth-order valence-corrected chi connectivity index (χ4v) is 4.53. The Morgan fingerprint density at radius 2 is 1.31 bits per heavy atom. The molecule has 4 aromatic rings. The average Bonchev–Trinajstić information content (AvgIpc) is 2.98. The molecule has 2 heterocycles. The second-order valence-corrected chi connectivity index (χ2v) is 9.88. The smallest absolute Gasteiger partial charge is 0.338 e. The summed E-state index contributed by atoms with van der Waals surface area (Å²) in [7, 11) is 0. The normalized spacial score (nSPS) is 21.4. The van der Waals surface area contributed by atoms with E-state index in [9.17, 15) is 65.8 Å². The van der Waals surface area contributed by atoms with E-state index in [2.05, 4.69) is 0 Å². The highest BCUT2D eigenvalue weighted by atomic mass is 16.7. The molecule has 0 aliphatic carbocycles. The van der Waals surface area contributed by atoms with E-state index in [4.69, 9.17) is 18.6 Å². The molecular formula is C28H24O17. The van der Waals surface area contributed by atoms with E-state index >= 15 is 0 Å². The lowest BCUT2D eigenvalue weighted by molar-refractivity contribution is -0.277. The van der Waals surface area contributed by atoms with Gasteiger partial charge in [-0.2, -0.15) is 0 Å². The van der Waals surface area contributed by atoms with Crippen LogP contribution in [0, 0.1) is 0 Å². The Kier molecular flexibility index (Phi) is 7.86. The molecule has 0 unspecified atom stereocenters. The van der Waals surface area contributed by atoms with E-state index in [0.717, 1.165) is 36.4 Å². The van der Waals surface area contributed by atoms with Crippen LogP contribution in [0.25, 0.3) is 22.3 Å². The third-order valence-electron chi connectivity index (χ3n) is 6.84. The molecule has 11 N–H and O–H groups in total. The van der Waals surface area contributed by atoms with Crippen molar-refractivity contribution in [3.05, 3.63) is 52.2 Å². The van der Waals surface area contributed by atoms with Crippen LogP contribution in [0.5, 0.6) is 51.7 Å². The Bertz CT molecular complexity index is 1820. The number of fused-ring (bicyclic) bond motifs is 1. The summed E-state index contributed by atoms with van der Waals surface area (Å²) >= 11 is 0. The lowest BCUT2D eigenvalue weighted by atomic mass is 9.99. The van der Waals surface area contributed by atoms with E-state index in [1.54, 1.807) is 0 Å². The number of aromatic hydroxyl groups is 8. The number of hydrogen-bond acceptors (Lipinski definition) is 17. The molecule has 5 atom stereocenters. The molecule has 3 aromatic carbocycles. The number of esters is 1. The number of phenolic OH excluding ortho intramolecular Hbond substituents is 8. The first-order valence-corrected chi connectivity index (χ1v) is 12.7. The van der Waals surface area contributed by atoms with Crippen molar-refractivity contribution in [3.63, 3.8) is 0 Å². The number of rotatable bonds is 6. The molecule has 1 aliphatic rings. The number of carbonyl (C=O) groups is 1. The number of carbonyl (C=O) groups excluding carboxylic acids is 1. The van der Waals surface area contributed by atoms with Gasteiger partial charge in [-0.05, 0) is 24.3 Å². The molecule has 45 heavy (non-hydrogen) atoms. The van der Waals surface area contributed by atoms with Gasteiger partial charge >= 0.3 is 5.97 Å². The lowest BCUT2D eigenvalue weighted by Crippen LogP contribution is -2.60. The topological polar surface area (TPSA) is 298 Å². The van der Waals surface area contributed by atoms with Gasteiger partial charge in [-0.1, -0.05) is 0 Å².